The number of hydrogen-bond acceptors (Lipinski definition) is 7. The molecule has 0 N–H and O–H groups in total. The summed E-state index contributed by atoms with van der Waals surface area (Å²) >= 11 is 1.54. The van der Waals surface area contributed by atoms with E-state index in [9.17, 15) is 9.59 Å². The van der Waals surface area contributed by atoms with E-state index >= 15 is 0 Å². The number of para-hydroxylation sites is 1. The van der Waals surface area contributed by atoms with Gasteiger partial charge in [0.05, 0.1) is 22.0 Å². The number of carbonyl (C=O) groups excluding carboxylic acids is 2. The van der Waals surface area contributed by atoms with Crippen LogP contribution in [0.2, 0.25) is 0 Å². The largest absolute Gasteiger partial charge is 0.452 e. The zero-order chi connectivity index (χ0) is 18.8. The maximum atomic E-state index is 12.4. The van der Waals surface area contributed by atoms with Gasteiger partial charge >= 0.3 is 5.97 Å². The molecule has 0 unspecified atom stereocenters. The van der Waals surface area contributed by atoms with Crippen molar-refractivity contribution in [3.63, 3.8) is 0 Å². The van der Waals surface area contributed by atoms with Crippen molar-refractivity contribution in [2.45, 2.75) is 26.8 Å². The Morgan fingerprint density at radius 2 is 2.04 bits per heavy atom. The summed E-state index contributed by atoms with van der Waals surface area (Å²) in [5, 5.41) is 4.54. The lowest BCUT2D eigenvalue weighted by Gasteiger charge is -2.23. The Morgan fingerprint density at radius 3 is 2.69 bits per heavy atom. The van der Waals surface area contributed by atoms with Crippen molar-refractivity contribution in [3.8, 4) is 0 Å². The molecule has 2 aromatic heterocycles. The number of ether oxygens (including phenoxy) is 1. The quantitative estimate of drug-likeness (QED) is 0.638. The third-order valence-corrected chi connectivity index (χ3v) is 5.41. The van der Waals surface area contributed by atoms with Crippen molar-refractivity contribution < 1.29 is 18.8 Å². The summed E-state index contributed by atoms with van der Waals surface area (Å²) in [6.07, 6.45) is 0. The van der Waals surface area contributed by atoms with Crippen LogP contribution in [-0.4, -0.2) is 40.6 Å². The summed E-state index contributed by atoms with van der Waals surface area (Å²) in [5.41, 5.74) is 1.61. The molecule has 0 aliphatic heterocycles. The summed E-state index contributed by atoms with van der Waals surface area (Å²) in [7, 11) is 1.67. The lowest BCUT2D eigenvalue weighted by atomic mass is 10.2. The highest BCUT2D eigenvalue weighted by Crippen LogP contribution is 2.28. The van der Waals surface area contributed by atoms with Crippen LogP contribution in [0.25, 0.3) is 10.2 Å². The number of benzene rings is 1. The minimum absolute atomic E-state index is 0.224. The first-order valence-electron chi connectivity index (χ1n) is 8.09. The lowest BCUT2D eigenvalue weighted by Crippen LogP contribution is -2.33. The van der Waals surface area contributed by atoms with E-state index in [0.29, 0.717) is 11.5 Å². The molecule has 2 heterocycles. The van der Waals surface area contributed by atoms with Gasteiger partial charge in [-0.25, -0.2) is 9.78 Å². The molecule has 0 fully saturated rings. The smallest absolute Gasteiger partial charge is 0.344 e. The predicted octanol–water partition coefficient (Wildman–Crippen LogP) is 3.28. The summed E-state index contributed by atoms with van der Waals surface area (Å²) < 4.78 is 11.1. The number of carbonyl (C=O) groups is 2. The van der Waals surface area contributed by atoms with Gasteiger partial charge in [0.2, 0.25) is 0 Å². The van der Waals surface area contributed by atoms with Crippen LogP contribution >= 0.6 is 11.3 Å². The number of fused-ring (bicyclic) bond motifs is 1. The van der Waals surface area contributed by atoms with E-state index in [1.165, 1.54) is 4.90 Å². The molecule has 0 saturated heterocycles. The van der Waals surface area contributed by atoms with E-state index < -0.39 is 5.97 Å². The van der Waals surface area contributed by atoms with Crippen molar-refractivity contribution in [2.75, 3.05) is 13.7 Å². The average Bonchev–Trinajstić information content (AvgIpc) is 3.21. The topological polar surface area (TPSA) is 85.5 Å². The summed E-state index contributed by atoms with van der Waals surface area (Å²) in [6, 6.07) is 7.60. The number of thiazole rings is 1. The number of esters is 1. The highest BCUT2D eigenvalue weighted by atomic mass is 32.1. The van der Waals surface area contributed by atoms with E-state index in [1.54, 1.807) is 32.2 Å². The number of nitrogens with zero attached hydrogens (tertiary/aromatic N) is 3. The Morgan fingerprint density at radius 1 is 1.31 bits per heavy atom. The Kier molecular flexibility index (Phi) is 5.03. The molecule has 1 amide bonds. The summed E-state index contributed by atoms with van der Waals surface area (Å²) in [6.45, 7) is 4.82. The fraction of sp³-hybridized carbons (Fsp3) is 0.333. The minimum atomic E-state index is -0.615. The molecule has 3 aromatic rings. The first-order valence-corrected chi connectivity index (χ1v) is 8.91. The highest BCUT2D eigenvalue weighted by molar-refractivity contribution is 7.18. The Hall–Kier alpha value is -2.74. The van der Waals surface area contributed by atoms with Crippen molar-refractivity contribution in [2.24, 2.45) is 0 Å². The second-order valence-electron chi connectivity index (χ2n) is 5.98. The van der Waals surface area contributed by atoms with Gasteiger partial charge in [-0.3, -0.25) is 4.79 Å². The van der Waals surface area contributed by atoms with Gasteiger partial charge in [-0.15, -0.1) is 11.3 Å². The average molecular weight is 373 g/mol. The molecule has 0 spiro atoms. The maximum absolute atomic E-state index is 12.4. The molecule has 8 heteroatoms. The fourth-order valence-electron chi connectivity index (χ4n) is 2.53. The van der Waals surface area contributed by atoms with Crippen LogP contribution < -0.4 is 0 Å². The SMILES string of the molecule is Cc1noc(C)c1C(=O)OCC(=O)N(C)[C@@H](C)c1nc2ccccc2s1. The molecule has 1 aromatic carbocycles. The molecule has 0 bridgehead atoms. The van der Waals surface area contributed by atoms with Gasteiger partial charge in [0.1, 0.15) is 16.3 Å². The molecular weight excluding hydrogens is 354 g/mol. The van der Waals surface area contributed by atoms with Gasteiger partial charge in [0, 0.05) is 7.05 Å². The van der Waals surface area contributed by atoms with Crippen molar-refractivity contribution >= 4 is 33.4 Å². The number of hydrogen-bond donors (Lipinski definition) is 0. The van der Waals surface area contributed by atoms with Gasteiger partial charge in [-0.2, -0.15) is 0 Å². The molecule has 0 saturated carbocycles. The molecular formula is C18H19N3O4S. The van der Waals surface area contributed by atoms with E-state index in [0.717, 1.165) is 15.2 Å². The maximum Gasteiger partial charge on any atom is 0.344 e. The standard InChI is InChI=1S/C18H19N3O4S/c1-10-16(12(3)25-20-10)18(23)24-9-15(22)21(4)11(2)17-19-13-7-5-6-8-14(13)26-17/h5-8,11H,9H2,1-4H3/t11-/m0/s1. The Labute approximate surface area is 154 Å². The number of likely N-dealkylation sites (N-methyl/N-ethyl adjacent to an activating group) is 1. The van der Waals surface area contributed by atoms with E-state index in [4.69, 9.17) is 9.26 Å². The molecule has 0 aliphatic carbocycles. The first kappa shape index (κ1) is 18.1. The normalized spacial score (nSPS) is 12.2. The number of rotatable bonds is 5. The van der Waals surface area contributed by atoms with Crippen LogP contribution in [0, 0.1) is 13.8 Å². The van der Waals surface area contributed by atoms with Gasteiger partial charge < -0.3 is 14.2 Å². The fourth-order valence-corrected chi connectivity index (χ4v) is 3.59. The van der Waals surface area contributed by atoms with E-state index in [-0.39, 0.29) is 24.1 Å². The number of amides is 1. The van der Waals surface area contributed by atoms with Crippen LogP contribution in [0.4, 0.5) is 0 Å². The lowest BCUT2D eigenvalue weighted by molar-refractivity contribution is -0.135. The zero-order valence-corrected chi connectivity index (χ0v) is 15.8. The van der Waals surface area contributed by atoms with Crippen LogP contribution in [0.5, 0.6) is 0 Å². The van der Waals surface area contributed by atoms with Crippen molar-refractivity contribution in [1.82, 2.24) is 15.0 Å². The predicted molar refractivity (Wildman–Crippen MR) is 97.1 cm³/mol. The van der Waals surface area contributed by atoms with Crippen molar-refractivity contribution in [3.05, 3.63) is 46.3 Å². The van der Waals surface area contributed by atoms with Gasteiger partial charge in [-0.1, -0.05) is 17.3 Å². The second-order valence-corrected chi connectivity index (χ2v) is 7.04. The Balaban J connectivity index is 1.64. The highest BCUT2D eigenvalue weighted by Gasteiger charge is 2.24. The molecule has 1 atom stereocenters. The molecule has 7 nitrogen and oxygen atoms in total. The molecule has 0 radical (unpaired) electrons. The second kappa shape index (κ2) is 7.25. The minimum Gasteiger partial charge on any atom is -0.452 e. The van der Waals surface area contributed by atoms with Crippen molar-refractivity contribution in [1.29, 1.82) is 0 Å². The van der Waals surface area contributed by atoms with Crippen LogP contribution in [0.1, 0.15) is 39.8 Å². The molecule has 26 heavy (non-hydrogen) atoms. The van der Waals surface area contributed by atoms with Gasteiger partial charge in [0.15, 0.2) is 6.61 Å². The molecule has 3 rings (SSSR count). The number of aromatic nitrogens is 2. The van der Waals surface area contributed by atoms with Gasteiger partial charge in [-0.05, 0) is 32.9 Å². The van der Waals surface area contributed by atoms with Crippen LogP contribution in [0.3, 0.4) is 0 Å². The monoisotopic (exact) mass is 373 g/mol. The van der Waals surface area contributed by atoms with E-state index in [1.807, 2.05) is 31.2 Å². The third kappa shape index (κ3) is 3.45. The molecule has 136 valence electrons. The van der Waals surface area contributed by atoms with Crippen LogP contribution in [0.15, 0.2) is 28.8 Å². The zero-order valence-electron chi connectivity index (χ0n) is 15.0. The van der Waals surface area contributed by atoms with E-state index in [2.05, 4.69) is 10.1 Å². The summed E-state index contributed by atoms with van der Waals surface area (Å²) in [4.78, 5) is 30.6. The summed E-state index contributed by atoms with van der Waals surface area (Å²) in [5.74, 6) is -0.552. The number of aryl methyl sites for hydroxylation is 2. The van der Waals surface area contributed by atoms with Gasteiger partial charge in [0.25, 0.3) is 5.91 Å². The molecule has 0 aliphatic rings. The van der Waals surface area contributed by atoms with Crippen LogP contribution in [-0.2, 0) is 9.53 Å². The third-order valence-electron chi connectivity index (χ3n) is 4.21. The first-order chi connectivity index (χ1) is 12.4. The Bertz CT molecular complexity index is 910.